The number of rotatable bonds is 13. The minimum Gasteiger partial charge on any atom is -0.435 e. The summed E-state index contributed by atoms with van der Waals surface area (Å²) in [6.07, 6.45) is 10.4. The van der Waals surface area contributed by atoms with Gasteiger partial charge in [0.25, 0.3) is 0 Å². The number of carbonyl (C=O) groups excluding carboxylic acids is 1. The van der Waals surface area contributed by atoms with Gasteiger partial charge in [-0.15, -0.1) is 0 Å². The number of benzene rings is 1. The first-order valence-corrected chi connectivity index (χ1v) is 10.6. The van der Waals surface area contributed by atoms with E-state index in [2.05, 4.69) is 52.0 Å². The predicted octanol–water partition coefficient (Wildman–Crippen LogP) is 6.47. The summed E-state index contributed by atoms with van der Waals surface area (Å²) in [7, 11) is 0. The van der Waals surface area contributed by atoms with Gasteiger partial charge in [-0.1, -0.05) is 84.1 Å². The van der Waals surface area contributed by atoms with Crippen molar-refractivity contribution >= 4 is 5.97 Å². The number of aliphatic hydroxyl groups excluding tert-OH is 1. The number of hydrogen-bond donors (Lipinski definition) is 1. The maximum Gasteiger partial charge on any atom is 0.310 e. The van der Waals surface area contributed by atoms with Crippen molar-refractivity contribution < 1.29 is 14.6 Å². The van der Waals surface area contributed by atoms with Gasteiger partial charge in [-0.2, -0.15) is 0 Å². The predicted molar refractivity (Wildman–Crippen MR) is 113 cm³/mol. The molecule has 0 aliphatic rings. The van der Waals surface area contributed by atoms with Crippen molar-refractivity contribution in [3.63, 3.8) is 0 Å². The molecule has 0 fully saturated rings. The van der Waals surface area contributed by atoms with E-state index in [4.69, 9.17) is 4.74 Å². The molecule has 1 rings (SSSR count). The van der Waals surface area contributed by atoms with Crippen molar-refractivity contribution in [3.05, 3.63) is 47.7 Å². The van der Waals surface area contributed by atoms with Crippen LogP contribution in [0.15, 0.2) is 36.6 Å². The quantitative estimate of drug-likeness (QED) is 0.244. The molecule has 27 heavy (non-hydrogen) atoms. The van der Waals surface area contributed by atoms with E-state index in [1.54, 1.807) is 0 Å². The number of hydrogen-bond acceptors (Lipinski definition) is 3. The lowest BCUT2D eigenvalue weighted by atomic mass is 9.95. The van der Waals surface area contributed by atoms with Gasteiger partial charge in [0.2, 0.25) is 0 Å². The lowest BCUT2D eigenvalue weighted by Crippen LogP contribution is -2.10. The summed E-state index contributed by atoms with van der Waals surface area (Å²) in [5.74, 6) is 0.404. The zero-order valence-corrected chi connectivity index (χ0v) is 17.6. The van der Waals surface area contributed by atoms with Gasteiger partial charge >= 0.3 is 5.97 Å². The molecule has 1 N–H and O–H groups in total. The Labute approximate surface area is 165 Å². The third-order valence-electron chi connectivity index (χ3n) is 4.99. The third-order valence-corrected chi connectivity index (χ3v) is 4.99. The molecule has 3 heteroatoms. The van der Waals surface area contributed by atoms with Crippen molar-refractivity contribution in [3.8, 4) is 0 Å². The molecule has 0 heterocycles. The zero-order valence-electron chi connectivity index (χ0n) is 17.6. The molecule has 0 spiro atoms. The normalized spacial score (nSPS) is 13.9. The first kappa shape index (κ1) is 23.4. The fourth-order valence-electron chi connectivity index (χ4n) is 3.02. The Hall–Kier alpha value is -1.61. The first-order chi connectivity index (χ1) is 12.9. The minimum absolute atomic E-state index is 0.185. The summed E-state index contributed by atoms with van der Waals surface area (Å²) in [6, 6.07) is 8.52. The van der Waals surface area contributed by atoms with E-state index in [1.165, 1.54) is 36.7 Å². The Kier molecular flexibility index (Phi) is 11.8. The fourth-order valence-corrected chi connectivity index (χ4v) is 3.02. The van der Waals surface area contributed by atoms with Crippen LogP contribution in [-0.2, 0) is 9.53 Å². The highest BCUT2D eigenvalue weighted by Gasteiger charge is 2.09. The summed E-state index contributed by atoms with van der Waals surface area (Å²) < 4.78 is 5.19. The highest BCUT2D eigenvalue weighted by Crippen LogP contribution is 2.22. The van der Waals surface area contributed by atoms with Crippen LogP contribution in [0.5, 0.6) is 0 Å². The molecular weight excluding hydrogens is 336 g/mol. The van der Waals surface area contributed by atoms with Gasteiger partial charge in [0.15, 0.2) is 0 Å². The van der Waals surface area contributed by atoms with Crippen LogP contribution in [0, 0.1) is 0 Å². The van der Waals surface area contributed by atoms with Gasteiger partial charge in [-0.25, -0.2) is 0 Å². The smallest absolute Gasteiger partial charge is 0.310 e. The Morgan fingerprint density at radius 1 is 1.07 bits per heavy atom. The van der Waals surface area contributed by atoms with E-state index in [0.717, 1.165) is 19.3 Å². The van der Waals surface area contributed by atoms with Crippen LogP contribution < -0.4 is 0 Å². The van der Waals surface area contributed by atoms with Gasteiger partial charge in [0, 0.05) is 12.3 Å². The Bertz CT molecular complexity index is 562. The van der Waals surface area contributed by atoms with E-state index in [1.807, 2.05) is 6.08 Å². The maximum absolute atomic E-state index is 11.8. The summed E-state index contributed by atoms with van der Waals surface area (Å²) in [5, 5.41) is 9.96. The lowest BCUT2D eigenvalue weighted by molar-refractivity contribution is -0.138. The average Bonchev–Trinajstić information content (AvgIpc) is 2.66. The Morgan fingerprint density at radius 3 is 2.48 bits per heavy atom. The molecule has 0 saturated carbocycles. The highest BCUT2D eigenvalue weighted by atomic mass is 16.5. The monoisotopic (exact) mass is 374 g/mol. The molecule has 0 amide bonds. The molecule has 1 aromatic carbocycles. The highest BCUT2D eigenvalue weighted by molar-refractivity contribution is 5.70. The van der Waals surface area contributed by atoms with E-state index >= 15 is 0 Å². The summed E-state index contributed by atoms with van der Waals surface area (Å²) in [5.41, 5.74) is 2.53. The van der Waals surface area contributed by atoms with Crippen molar-refractivity contribution in [2.45, 2.75) is 97.0 Å². The van der Waals surface area contributed by atoms with Crippen molar-refractivity contribution in [1.29, 1.82) is 0 Å². The summed E-state index contributed by atoms with van der Waals surface area (Å²) >= 11 is 0. The molecule has 0 aliphatic heterocycles. The second-order valence-corrected chi connectivity index (χ2v) is 7.83. The lowest BCUT2D eigenvalue weighted by Gasteiger charge is -2.11. The SMILES string of the molecule is CCCCCCCC(O)CCC(=O)OC=CC(C)c1cccc(C(C)C)c1. The summed E-state index contributed by atoms with van der Waals surface area (Å²) in [4.78, 5) is 11.8. The maximum atomic E-state index is 11.8. The second-order valence-electron chi connectivity index (χ2n) is 7.83. The molecule has 2 atom stereocenters. The first-order valence-electron chi connectivity index (χ1n) is 10.6. The molecule has 0 radical (unpaired) electrons. The number of unbranched alkanes of at least 4 members (excludes halogenated alkanes) is 4. The van der Waals surface area contributed by atoms with Crippen LogP contribution in [0.25, 0.3) is 0 Å². The van der Waals surface area contributed by atoms with E-state index in [-0.39, 0.29) is 18.3 Å². The molecular formula is C24H38O3. The van der Waals surface area contributed by atoms with Crippen LogP contribution in [0.2, 0.25) is 0 Å². The topological polar surface area (TPSA) is 46.5 Å². The van der Waals surface area contributed by atoms with E-state index in [0.29, 0.717) is 12.3 Å². The Morgan fingerprint density at radius 2 is 1.78 bits per heavy atom. The fraction of sp³-hybridized carbons (Fsp3) is 0.625. The number of ether oxygens (including phenoxy) is 1. The van der Waals surface area contributed by atoms with E-state index in [9.17, 15) is 9.90 Å². The van der Waals surface area contributed by atoms with Crippen LogP contribution in [0.3, 0.4) is 0 Å². The van der Waals surface area contributed by atoms with Crippen LogP contribution >= 0.6 is 0 Å². The van der Waals surface area contributed by atoms with Crippen molar-refractivity contribution in [2.75, 3.05) is 0 Å². The van der Waals surface area contributed by atoms with Gasteiger partial charge in [-0.05, 0) is 36.0 Å². The molecule has 0 aromatic heterocycles. The summed E-state index contributed by atoms with van der Waals surface area (Å²) in [6.45, 7) is 8.65. The average molecular weight is 375 g/mol. The molecule has 3 nitrogen and oxygen atoms in total. The number of esters is 1. The standard InChI is InChI=1S/C24H38O3/c1-5-6-7-8-9-13-23(25)14-15-24(26)27-17-16-20(4)22-12-10-11-21(18-22)19(2)3/h10-12,16-20,23,25H,5-9,13-15H2,1-4H3. The molecule has 0 bridgehead atoms. The third kappa shape index (κ3) is 10.3. The number of allylic oxidation sites excluding steroid dienone is 1. The van der Waals surface area contributed by atoms with Crippen LogP contribution in [0.1, 0.15) is 102 Å². The molecule has 0 aliphatic carbocycles. The van der Waals surface area contributed by atoms with Crippen LogP contribution in [-0.4, -0.2) is 17.2 Å². The largest absolute Gasteiger partial charge is 0.435 e. The van der Waals surface area contributed by atoms with Crippen molar-refractivity contribution in [2.24, 2.45) is 0 Å². The van der Waals surface area contributed by atoms with Crippen molar-refractivity contribution in [1.82, 2.24) is 0 Å². The van der Waals surface area contributed by atoms with Crippen LogP contribution in [0.4, 0.5) is 0 Å². The van der Waals surface area contributed by atoms with Gasteiger partial charge in [-0.3, -0.25) is 4.79 Å². The number of aliphatic hydroxyl groups is 1. The van der Waals surface area contributed by atoms with Gasteiger partial charge in [0.05, 0.1) is 12.4 Å². The van der Waals surface area contributed by atoms with E-state index < -0.39 is 6.10 Å². The second kappa shape index (κ2) is 13.5. The molecule has 152 valence electrons. The number of carbonyl (C=O) groups is 1. The minimum atomic E-state index is -0.402. The van der Waals surface area contributed by atoms with Gasteiger partial charge < -0.3 is 9.84 Å². The van der Waals surface area contributed by atoms with Gasteiger partial charge in [0.1, 0.15) is 0 Å². The molecule has 1 aromatic rings. The Balaban J connectivity index is 2.27. The zero-order chi connectivity index (χ0) is 20.1. The molecule has 2 unspecified atom stereocenters. The molecule has 0 saturated heterocycles.